The van der Waals surface area contributed by atoms with Gasteiger partial charge in [-0.25, -0.2) is 0 Å². The van der Waals surface area contributed by atoms with E-state index in [1.807, 2.05) is 6.07 Å². The van der Waals surface area contributed by atoms with Gasteiger partial charge in [0.15, 0.2) is 6.73 Å². The molecule has 0 saturated heterocycles. The molecule has 0 aromatic heterocycles. The number of hydrogen-bond acceptors (Lipinski definition) is 2. The molecule has 0 spiro atoms. The largest absolute Gasteiger partial charge is 0.473 e. The van der Waals surface area contributed by atoms with Crippen LogP contribution in [0.25, 0.3) is 10.8 Å². The van der Waals surface area contributed by atoms with E-state index in [-0.39, 0.29) is 0 Å². The molecule has 3 aromatic rings. The molecule has 0 radical (unpaired) electrons. The summed E-state index contributed by atoms with van der Waals surface area (Å²) in [4.78, 5) is 2.25. The quantitative estimate of drug-likeness (QED) is 0.621. The highest BCUT2D eigenvalue weighted by Gasteiger charge is 2.20. The maximum Gasteiger partial charge on any atom is 0.161 e. The van der Waals surface area contributed by atoms with E-state index >= 15 is 0 Å². The third kappa shape index (κ3) is 2.18. The van der Waals surface area contributed by atoms with Crippen LogP contribution in [0, 0.1) is 0 Å². The number of para-hydroxylation sites is 1. The van der Waals surface area contributed by atoms with Crippen LogP contribution in [0.5, 0.6) is 5.75 Å². The lowest BCUT2D eigenvalue weighted by Crippen LogP contribution is -2.32. The Morgan fingerprint density at radius 2 is 1.71 bits per heavy atom. The van der Waals surface area contributed by atoms with Crippen LogP contribution < -0.4 is 9.64 Å². The minimum absolute atomic E-state index is 0.577. The molecule has 0 N–H and O–H groups in total. The van der Waals surface area contributed by atoms with E-state index in [0.717, 1.165) is 22.5 Å². The molecule has 1 aliphatic rings. The highest BCUT2D eigenvalue weighted by atomic mass is 79.9. The Kier molecular flexibility index (Phi) is 3.08. The molecule has 0 amide bonds. The van der Waals surface area contributed by atoms with Gasteiger partial charge in [-0.1, -0.05) is 42.5 Å². The fourth-order valence-corrected chi connectivity index (χ4v) is 3.40. The topological polar surface area (TPSA) is 12.5 Å². The molecule has 0 aliphatic carbocycles. The number of halogens is 1. The number of rotatable bonds is 1. The first-order valence-corrected chi connectivity index (χ1v) is 7.75. The van der Waals surface area contributed by atoms with Crippen LogP contribution in [0.1, 0.15) is 5.56 Å². The standard InChI is InChI=1S/C18H14BrNO/c19-16-7-3-4-8-17(16)20-11-15-14-6-2-1-5-13(14)9-10-18(15)21-12-20/h1-10H,11-12H2. The Bertz CT molecular complexity index is 815. The molecule has 104 valence electrons. The predicted molar refractivity (Wildman–Crippen MR) is 89.8 cm³/mol. The molecule has 2 nitrogen and oxygen atoms in total. The molecule has 0 saturated carbocycles. The Morgan fingerprint density at radius 3 is 2.62 bits per heavy atom. The first-order valence-electron chi connectivity index (χ1n) is 6.96. The molecular weight excluding hydrogens is 326 g/mol. The number of anilines is 1. The summed E-state index contributed by atoms with van der Waals surface area (Å²) in [6.07, 6.45) is 0. The number of fused-ring (bicyclic) bond motifs is 3. The van der Waals surface area contributed by atoms with Gasteiger partial charge >= 0.3 is 0 Å². The van der Waals surface area contributed by atoms with Crippen LogP contribution in [0.15, 0.2) is 65.1 Å². The highest BCUT2D eigenvalue weighted by Crippen LogP contribution is 2.35. The summed E-state index contributed by atoms with van der Waals surface area (Å²) in [7, 11) is 0. The zero-order valence-corrected chi connectivity index (χ0v) is 13.0. The number of ether oxygens (including phenoxy) is 1. The van der Waals surface area contributed by atoms with Gasteiger partial charge in [0, 0.05) is 10.0 Å². The van der Waals surface area contributed by atoms with E-state index in [1.54, 1.807) is 0 Å². The summed E-state index contributed by atoms with van der Waals surface area (Å²) in [6.45, 7) is 1.44. The number of hydrogen-bond donors (Lipinski definition) is 0. The maximum absolute atomic E-state index is 5.96. The number of benzene rings is 3. The summed E-state index contributed by atoms with van der Waals surface area (Å²) >= 11 is 3.62. The first-order chi connectivity index (χ1) is 10.3. The molecule has 3 aromatic carbocycles. The van der Waals surface area contributed by atoms with E-state index in [9.17, 15) is 0 Å². The zero-order chi connectivity index (χ0) is 14.2. The monoisotopic (exact) mass is 339 g/mol. The summed E-state index contributed by atoms with van der Waals surface area (Å²) < 4.78 is 7.05. The summed E-state index contributed by atoms with van der Waals surface area (Å²) in [6, 6.07) is 20.9. The van der Waals surface area contributed by atoms with Crippen molar-refractivity contribution in [3.63, 3.8) is 0 Å². The van der Waals surface area contributed by atoms with Gasteiger partial charge in [0.05, 0.1) is 12.2 Å². The molecule has 0 fully saturated rings. The van der Waals surface area contributed by atoms with Crippen molar-refractivity contribution in [2.75, 3.05) is 11.6 Å². The summed E-state index contributed by atoms with van der Waals surface area (Å²) in [5.74, 6) is 0.997. The minimum Gasteiger partial charge on any atom is -0.473 e. The fraction of sp³-hybridized carbons (Fsp3) is 0.111. The summed E-state index contributed by atoms with van der Waals surface area (Å²) in [5, 5.41) is 2.53. The van der Waals surface area contributed by atoms with Crippen molar-refractivity contribution in [3.05, 3.63) is 70.7 Å². The van der Waals surface area contributed by atoms with Crippen molar-refractivity contribution in [3.8, 4) is 5.75 Å². The molecule has 4 rings (SSSR count). The Balaban J connectivity index is 1.81. The van der Waals surface area contributed by atoms with Gasteiger partial charge in [-0.15, -0.1) is 0 Å². The second kappa shape index (κ2) is 5.08. The van der Waals surface area contributed by atoms with E-state index in [4.69, 9.17) is 4.74 Å². The van der Waals surface area contributed by atoms with Crippen LogP contribution in [0.4, 0.5) is 5.69 Å². The second-order valence-electron chi connectivity index (χ2n) is 5.19. The molecule has 21 heavy (non-hydrogen) atoms. The Labute approximate surface area is 132 Å². The third-order valence-corrected chi connectivity index (χ3v) is 4.59. The van der Waals surface area contributed by atoms with E-state index in [0.29, 0.717) is 6.73 Å². The van der Waals surface area contributed by atoms with Gasteiger partial charge in [-0.2, -0.15) is 0 Å². The van der Waals surface area contributed by atoms with E-state index in [1.165, 1.54) is 16.3 Å². The third-order valence-electron chi connectivity index (χ3n) is 3.92. The normalized spacial score (nSPS) is 13.9. The van der Waals surface area contributed by atoms with Crippen molar-refractivity contribution in [1.82, 2.24) is 0 Å². The molecule has 0 atom stereocenters. The Morgan fingerprint density at radius 1 is 0.905 bits per heavy atom. The van der Waals surface area contributed by atoms with Crippen LogP contribution in [-0.2, 0) is 6.54 Å². The maximum atomic E-state index is 5.96. The van der Waals surface area contributed by atoms with Gasteiger partial charge < -0.3 is 9.64 Å². The summed E-state index contributed by atoms with van der Waals surface area (Å²) in [5.41, 5.74) is 2.42. The van der Waals surface area contributed by atoms with Gasteiger partial charge in [0.25, 0.3) is 0 Å². The lowest BCUT2D eigenvalue weighted by molar-refractivity contribution is 0.290. The molecule has 3 heteroatoms. The van der Waals surface area contributed by atoms with Crippen molar-refractivity contribution in [2.45, 2.75) is 6.54 Å². The van der Waals surface area contributed by atoms with Gasteiger partial charge in [-0.05, 0) is 44.9 Å². The molecule has 0 unspecified atom stereocenters. The predicted octanol–water partition coefficient (Wildman–Crippen LogP) is 4.96. The smallest absolute Gasteiger partial charge is 0.161 e. The lowest BCUT2D eigenvalue weighted by Gasteiger charge is -2.32. The van der Waals surface area contributed by atoms with Gasteiger partial charge in [-0.3, -0.25) is 0 Å². The number of nitrogens with zero attached hydrogens (tertiary/aromatic N) is 1. The van der Waals surface area contributed by atoms with Gasteiger partial charge in [0.2, 0.25) is 0 Å². The van der Waals surface area contributed by atoms with Crippen molar-refractivity contribution < 1.29 is 4.74 Å². The first kappa shape index (κ1) is 12.7. The van der Waals surface area contributed by atoms with E-state index in [2.05, 4.69) is 75.4 Å². The van der Waals surface area contributed by atoms with Crippen molar-refractivity contribution >= 4 is 32.4 Å². The van der Waals surface area contributed by atoms with Crippen molar-refractivity contribution in [1.29, 1.82) is 0 Å². The molecular formula is C18H14BrNO. The highest BCUT2D eigenvalue weighted by molar-refractivity contribution is 9.10. The van der Waals surface area contributed by atoms with Crippen LogP contribution in [0.2, 0.25) is 0 Å². The molecule has 1 heterocycles. The SMILES string of the molecule is Brc1ccccc1N1COc2ccc3ccccc3c2C1. The van der Waals surface area contributed by atoms with Crippen LogP contribution >= 0.6 is 15.9 Å². The zero-order valence-electron chi connectivity index (χ0n) is 11.4. The second-order valence-corrected chi connectivity index (χ2v) is 6.04. The van der Waals surface area contributed by atoms with Crippen molar-refractivity contribution in [2.24, 2.45) is 0 Å². The molecule has 0 bridgehead atoms. The molecule has 1 aliphatic heterocycles. The van der Waals surface area contributed by atoms with Gasteiger partial charge in [0.1, 0.15) is 5.75 Å². The minimum atomic E-state index is 0.577. The van der Waals surface area contributed by atoms with E-state index < -0.39 is 0 Å². The lowest BCUT2D eigenvalue weighted by atomic mass is 10.0. The Hall–Kier alpha value is -2.00. The average molecular weight is 340 g/mol. The van der Waals surface area contributed by atoms with Crippen LogP contribution in [0.3, 0.4) is 0 Å². The van der Waals surface area contributed by atoms with Crippen LogP contribution in [-0.4, -0.2) is 6.73 Å². The fourth-order valence-electron chi connectivity index (χ4n) is 2.86. The average Bonchev–Trinajstić information content (AvgIpc) is 2.55.